The van der Waals surface area contributed by atoms with Gasteiger partial charge in [0.25, 0.3) is 0 Å². The van der Waals surface area contributed by atoms with Gasteiger partial charge in [-0.25, -0.2) is 0 Å². The molecule has 0 aromatic heterocycles. The number of benzene rings is 1. The Morgan fingerprint density at radius 1 is 1.45 bits per heavy atom. The van der Waals surface area contributed by atoms with Crippen molar-refractivity contribution >= 4 is 17.7 Å². The van der Waals surface area contributed by atoms with Crippen LogP contribution in [0.3, 0.4) is 0 Å². The molecule has 0 saturated carbocycles. The standard InChI is InChI=1S/C15H24N2O2S/c1-11(9-17-14(18)15(2,3)16)10-20-13-8-6-5-7-12(13)19-4/h5-8,11H,9-10,16H2,1-4H3,(H,17,18). The summed E-state index contributed by atoms with van der Waals surface area (Å²) in [5.74, 6) is 2.03. The van der Waals surface area contributed by atoms with Crippen LogP contribution in [0.25, 0.3) is 0 Å². The molecule has 20 heavy (non-hydrogen) atoms. The number of hydrogen-bond donors (Lipinski definition) is 2. The van der Waals surface area contributed by atoms with E-state index in [4.69, 9.17) is 10.5 Å². The Kier molecular flexibility index (Phi) is 6.36. The van der Waals surface area contributed by atoms with Crippen LogP contribution in [0.5, 0.6) is 5.75 Å². The monoisotopic (exact) mass is 296 g/mol. The molecule has 1 amide bonds. The van der Waals surface area contributed by atoms with Crippen molar-refractivity contribution in [2.45, 2.75) is 31.2 Å². The maximum Gasteiger partial charge on any atom is 0.239 e. The molecule has 112 valence electrons. The fourth-order valence-electron chi connectivity index (χ4n) is 1.52. The fraction of sp³-hybridized carbons (Fsp3) is 0.533. The maximum atomic E-state index is 11.7. The highest BCUT2D eigenvalue weighted by Crippen LogP contribution is 2.29. The largest absolute Gasteiger partial charge is 0.496 e. The van der Waals surface area contributed by atoms with Crippen molar-refractivity contribution in [2.75, 3.05) is 19.4 Å². The number of methoxy groups -OCH3 is 1. The van der Waals surface area contributed by atoms with E-state index in [1.54, 1.807) is 32.7 Å². The molecular formula is C15H24N2O2S. The van der Waals surface area contributed by atoms with Crippen molar-refractivity contribution in [3.63, 3.8) is 0 Å². The number of para-hydroxylation sites is 1. The quantitative estimate of drug-likeness (QED) is 0.758. The number of carbonyl (C=O) groups is 1. The number of ether oxygens (including phenoxy) is 1. The number of thioether (sulfide) groups is 1. The van der Waals surface area contributed by atoms with Gasteiger partial charge in [0.15, 0.2) is 0 Å². The lowest BCUT2D eigenvalue weighted by Crippen LogP contribution is -2.50. The zero-order chi connectivity index (χ0) is 15.2. The fourth-order valence-corrected chi connectivity index (χ4v) is 2.57. The van der Waals surface area contributed by atoms with E-state index in [-0.39, 0.29) is 5.91 Å². The Morgan fingerprint density at radius 3 is 2.70 bits per heavy atom. The van der Waals surface area contributed by atoms with E-state index in [1.807, 2.05) is 24.3 Å². The van der Waals surface area contributed by atoms with Gasteiger partial charge in [0.2, 0.25) is 5.91 Å². The van der Waals surface area contributed by atoms with Crippen molar-refractivity contribution in [1.29, 1.82) is 0 Å². The van der Waals surface area contributed by atoms with E-state index in [0.29, 0.717) is 12.5 Å². The first-order chi connectivity index (χ1) is 9.34. The first-order valence-electron chi connectivity index (χ1n) is 6.67. The Morgan fingerprint density at radius 2 is 2.10 bits per heavy atom. The van der Waals surface area contributed by atoms with Crippen LogP contribution in [0.15, 0.2) is 29.2 Å². The molecule has 0 saturated heterocycles. The average Bonchev–Trinajstić information content (AvgIpc) is 2.41. The van der Waals surface area contributed by atoms with Gasteiger partial charge in [-0.05, 0) is 31.9 Å². The van der Waals surface area contributed by atoms with Crippen LogP contribution in [-0.2, 0) is 4.79 Å². The zero-order valence-electron chi connectivity index (χ0n) is 12.6. The van der Waals surface area contributed by atoms with Crippen molar-refractivity contribution in [1.82, 2.24) is 5.32 Å². The summed E-state index contributed by atoms with van der Waals surface area (Å²) in [5, 5.41) is 2.88. The van der Waals surface area contributed by atoms with Gasteiger partial charge < -0.3 is 15.8 Å². The third kappa shape index (κ3) is 5.43. The SMILES string of the molecule is COc1ccccc1SCC(C)CNC(=O)C(C)(C)N. The van der Waals surface area contributed by atoms with Gasteiger partial charge in [0, 0.05) is 17.2 Å². The summed E-state index contributed by atoms with van der Waals surface area (Å²) >= 11 is 1.73. The molecule has 1 unspecified atom stereocenters. The number of rotatable bonds is 7. The molecule has 0 spiro atoms. The van der Waals surface area contributed by atoms with Crippen molar-refractivity contribution in [3.05, 3.63) is 24.3 Å². The van der Waals surface area contributed by atoms with Crippen LogP contribution in [0.2, 0.25) is 0 Å². The van der Waals surface area contributed by atoms with Crippen LogP contribution in [0.1, 0.15) is 20.8 Å². The summed E-state index contributed by atoms with van der Waals surface area (Å²) in [7, 11) is 1.67. The highest BCUT2D eigenvalue weighted by molar-refractivity contribution is 7.99. The lowest BCUT2D eigenvalue weighted by atomic mass is 10.1. The summed E-state index contributed by atoms with van der Waals surface area (Å²) in [5.41, 5.74) is 4.91. The summed E-state index contributed by atoms with van der Waals surface area (Å²) in [6.45, 7) is 6.14. The van der Waals surface area contributed by atoms with Crippen molar-refractivity contribution in [3.8, 4) is 5.75 Å². The zero-order valence-corrected chi connectivity index (χ0v) is 13.4. The van der Waals surface area contributed by atoms with Gasteiger partial charge >= 0.3 is 0 Å². The third-order valence-corrected chi connectivity index (χ3v) is 4.17. The second-order valence-electron chi connectivity index (χ2n) is 5.50. The molecule has 0 aliphatic rings. The Bertz CT molecular complexity index is 444. The molecule has 1 rings (SSSR count). The van der Waals surface area contributed by atoms with Crippen LogP contribution >= 0.6 is 11.8 Å². The number of nitrogens with two attached hydrogens (primary N) is 1. The topological polar surface area (TPSA) is 64.3 Å². The smallest absolute Gasteiger partial charge is 0.239 e. The van der Waals surface area contributed by atoms with E-state index in [1.165, 1.54) is 0 Å². The molecule has 1 aromatic rings. The van der Waals surface area contributed by atoms with Gasteiger partial charge in [-0.3, -0.25) is 4.79 Å². The van der Waals surface area contributed by atoms with Gasteiger partial charge in [-0.15, -0.1) is 11.8 Å². The number of amides is 1. The maximum absolute atomic E-state index is 11.7. The summed E-state index contributed by atoms with van der Waals surface area (Å²) in [6.07, 6.45) is 0. The van der Waals surface area contributed by atoms with Crippen molar-refractivity contribution < 1.29 is 9.53 Å². The second kappa shape index (κ2) is 7.55. The van der Waals surface area contributed by atoms with Crippen LogP contribution in [-0.4, -0.2) is 30.9 Å². The van der Waals surface area contributed by atoms with Crippen LogP contribution < -0.4 is 15.8 Å². The summed E-state index contributed by atoms with van der Waals surface area (Å²) < 4.78 is 5.31. The second-order valence-corrected chi connectivity index (χ2v) is 6.56. The molecule has 0 fully saturated rings. The molecule has 0 heterocycles. The molecule has 0 radical (unpaired) electrons. The van der Waals surface area contributed by atoms with Gasteiger partial charge in [0.1, 0.15) is 5.75 Å². The summed E-state index contributed by atoms with van der Waals surface area (Å²) in [6, 6.07) is 7.94. The molecule has 3 N–H and O–H groups in total. The number of nitrogens with one attached hydrogen (secondary N) is 1. The first kappa shape index (κ1) is 16.9. The van der Waals surface area contributed by atoms with E-state index in [0.717, 1.165) is 16.4 Å². The molecule has 4 nitrogen and oxygen atoms in total. The number of hydrogen-bond acceptors (Lipinski definition) is 4. The van der Waals surface area contributed by atoms with E-state index >= 15 is 0 Å². The molecule has 1 atom stereocenters. The number of carbonyl (C=O) groups excluding carboxylic acids is 1. The predicted molar refractivity (Wildman–Crippen MR) is 84.2 cm³/mol. The minimum atomic E-state index is -0.824. The summed E-state index contributed by atoms with van der Waals surface area (Å²) in [4.78, 5) is 12.8. The lowest BCUT2D eigenvalue weighted by molar-refractivity contribution is -0.125. The average molecular weight is 296 g/mol. The van der Waals surface area contributed by atoms with Gasteiger partial charge in [0.05, 0.1) is 12.6 Å². The molecule has 0 aliphatic carbocycles. The molecule has 0 bridgehead atoms. The minimum Gasteiger partial charge on any atom is -0.496 e. The third-order valence-electron chi connectivity index (χ3n) is 2.79. The molecule has 1 aromatic carbocycles. The highest BCUT2D eigenvalue weighted by atomic mass is 32.2. The Balaban J connectivity index is 2.40. The minimum absolute atomic E-state index is 0.119. The molecule has 5 heteroatoms. The Hall–Kier alpha value is -1.20. The first-order valence-corrected chi connectivity index (χ1v) is 7.66. The van der Waals surface area contributed by atoms with Gasteiger partial charge in [-0.2, -0.15) is 0 Å². The van der Waals surface area contributed by atoms with E-state index in [9.17, 15) is 4.79 Å². The van der Waals surface area contributed by atoms with E-state index < -0.39 is 5.54 Å². The van der Waals surface area contributed by atoms with E-state index in [2.05, 4.69) is 12.2 Å². The highest BCUT2D eigenvalue weighted by Gasteiger charge is 2.21. The van der Waals surface area contributed by atoms with Crippen LogP contribution in [0, 0.1) is 5.92 Å². The molecule has 0 aliphatic heterocycles. The van der Waals surface area contributed by atoms with Gasteiger partial charge in [-0.1, -0.05) is 19.1 Å². The van der Waals surface area contributed by atoms with Crippen molar-refractivity contribution in [2.24, 2.45) is 11.7 Å². The molecular weight excluding hydrogens is 272 g/mol. The predicted octanol–water partition coefficient (Wildman–Crippen LogP) is 2.28. The lowest BCUT2D eigenvalue weighted by Gasteiger charge is -2.20. The Labute approximate surface area is 125 Å². The normalized spacial score (nSPS) is 12.8. The van der Waals surface area contributed by atoms with Crippen LogP contribution in [0.4, 0.5) is 0 Å².